The first-order valence-corrected chi connectivity index (χ1v) is 9.95. The van der Waals surface area contributed by atoms with Gasteiger partial charge in [-0.2, -0.15) is 5.06 Å². The van der Waals surface area contributed by atoms with Crippen LogP contribution in [-0.4, -0.2) is 41.5 Å². The van der Waals surface area contributed by atoms with Crippen molar-refractivity contribution >= 4 is 29.2 Å². The number of carbonyl (C=O) groups is 2. The largest absolute Gasteiger partial charge is 0.463 e. The summed E-state index contributed by atoms with van der Waals surface area (Å²) in [4.78, 5) is 31.1. The SMILES string of the molecule is CCOC(=O)C1=C(c2cccc(Cl)c2)[C@@H]2[C@H]1[C@@H]1C[C@H]2N(C(=O)OC(C)(C)C)O1. The number of hydroxylamine groups is 2. The minimum atomic E-state index is -0.608. The number of rotatable bonds is 3. The summed E-state index contributed by atoms with van der Waals surface area (Å²) in [6.45, 7) is 7.56. The molecule has 1 saturated carbocycles. The fourth-order valence-corrected chi connectivity index (χ4v) is 4.71. The van der Waals surface area contributed by atoms with Crippen LogP contribution in [0.2, 0.25) is 5.02 Å². The van der Waals surface area contributed by atoms with Gasteiger partial charge >= 0.3 is 12.1 Å². The molecule has 6 nitrogen and oxygen atoms in total. The van der Waals surface area contributed by atoms with Crippen LogP contribution in [0.4, 0.5) is 4.79 Å². The molecular weight excluding hydrogens is 382 g/mol. The van der Waals surface area contributed by atoms with Crippen LogP contribution in [-0.2, 0) is 19.1 Å². The van der Waals surface area contributed by atoms with Crippen molar-refractivity contribution in [2.75, 3.05) is 6.61 Å². The van der Waals surface area contributed by atoms with Crippen LogP contribution in [0.25, 0.3) is 5.57 Å². The number of benzene rings is 1. The van der Waals surface area contributed by atoms with Crippen molar-refractivity contribution < 1.29 is 23.9 Å². The van der Waals surface area contributed by atoms with Crippen LogP contribution >= 0.6 is 11.6 Å². The molecule has 1 aromatic carbocycles. The third kappa shape index (κ3) is 3.08. The van der Waals surface area contributed by atoms with Crippen molar-refractivity contribution in [1.82, 2.24) is 5.06 Å². The second-order valence-electron chi connectivity index (χ2n) is 8.36. The van der Waals surface area contributed by atoms with E-state index >= 15 is 0 Å². The quantitative estimate of drug-likeness (QED) is 0.704. The number of nitrogens with zero attached hydrogens (tertiary/aromatic N) is 1. The molecule has 150 valence electrons. The molecule has 1 aromatic rings. The van der Waals surface area contributed by atoms with Crippen molar-refractivity contribution in [2.24, 2.45) is 11.8 Å². The number of ether oxygens (including phenoxy) is 2. The van der Waals surface area contributed by atoms with E-state index in [-0.39, 0.29) is 30.0 Å². The van der Waals surface area contributed by atoms with E-state index in [0.717, 1.165) is 11.1 Å². The molecule has 4 rings (SSSR count). The lowest BCUT2D eigenvalue weighted by atomic mass is 9.65. The lowest BCUT2D eigenvalue weighted by molar-refractivity contribution is -0.194. The Bertz CT molecular complexity index is 859. The van der Waals surface area contributed by atoms with Gasteiger partial charge in [0.15, 0.2) is 0 Å². The number of carbonyl (C=O) groups excluding carboxylic acids is 2. The third-order valence-electron chi connectivity index (χ3n) is 5.39. The average molecular weight is 406 g/mol. The summed E-state index contributed by atoms with van der Waals surface area (Å²) in [5.41, 5.74) is 1.82. The minimum absolute atomic E-state index is 0.00383. The molecule has 1 amide bonds. The van der Waals surface area contributed by atoms with Crippen molar-refractivity contribution in [2.45, 2.75) is 51.9 Å². The fourth-order valence-electron chi connectivity index (χ4n) is 4.52. The summed E-state index contributed by atoms with van der Waals surface area (Å²) < 4.78 is 10.8. The first-order valence-electron chi connectivity index (χ1n) is 9.57. The number of hydrogen-bond donors (Lipinski definition) is 0. The molecule has 0 unspecified atom stereocenters. The van der Waals surface area contributed by atoms with Crippen LogP contribution in [0.5, 0.6) is 0 Å². The number of halogens is 1. The van der Waals surface area contributed by atoms with Gasteiger partial charge in [-0.3, -0.25) is 4.84 Å². The third-order valence-corrected chi connectivity index (χ3v) is 5.62. The van der Waals surface area contributed by atoms with E-state index in [1.165, 1.54) is 5.06 Å². The topological polar surface area (TPSA) is 65.1 Å². The summed E-state index contributed by atoms with van der Waals surface area (Å²) in [5, 5.41) is 1.95. The molecule has 3 aliphatic rings. The van der Waals surface area contributed by atoms with Gasteiger partial charge in [-0.1, -0.05) is 23.7 Å². The Balaban J connectivity index is 1.68. The molecule has 0 aromatic heterocycles. The Morgan fingerprint density at radius 1 is 1.29 bits per heavy atom. The molecule has 2 aliphatic carbocycles. The van der Waals surface area contributed by atoms with Gasteiger partial charge < -0.3 is 9.47 Å². The monoisotopic (exact) mass is 405 g/mol. The van der Waals surface area contributed by atoms with E-state index in [9.17, 15) is 9.59 Å². The molecule has 0 spiro atoms. The van der Waals surface area contributed by atoms with Crippen LogP contribution in [0.1, 0.15) is 39.7 Å². The Morgan fingerprint density at radius 3 is 2.68 bits per heavy atom. The maximum atomic E-state index is 12.6. The number of hydrogen-bond acceptors (Lipinski definition) is 5. The summed E-state index contributed by atoms with van der Waals surface area (Å²) in [7, 11) is 0. The second-order valence-corrected chi connectivity index (χ2v) is 8.80. The molecule has 1 saturated heterocycles. The molecule has 2 fully saturated rings. The standard InChI is InChI=1S/C21H24ClNO5/c1-5-26-19(24)18-15(11-7-6-8-12(22)9-11)16-13-10-14(17(16)18)28-23(13)20(25)27-21(2,3)4/h6-9,13-14,16-17H,5,10H2,1-4H3/t13-,14+,16-,17-/m1/s1. The molecular formula is C21H24ClNO5. The highest BCUT2D eigenvalue weighted by atomic mass is 35.5. The summed E-state index contributed by atoms with van der Waals surface area (Å²) in [5.74, 6) is -0.389. The zero-order valence-electron chi connectivity index (χ0n) is 16.4. The van der Waals surface area contributed by atoms with E-state index in [1.807, 2.05) is 39.0 Å². The van der Waals surface area contributed by atoms with Gasteiger partial charge in [0, 0.05) is 28.9 Å². The van der Waals surface area contributed by atoms with Crippen molar-refractivity contribution in [3.8, 4) is 0 Å². The number of esters is 1. The van der Waals surface area contributed by atoms with E-state index in [2.05, 4.69) is 0 Å². The molecule has 1 heterocycles. The number of amides is 1. The fraction of sp³-hybridized carbons (Fsp3) is 0.524. The van der Waals surface area contributed by atoms with Gasteiger partial charge in [0.25, 0.3) is 0 Å². The van der Waals surface area contributed by atoms with Crippen molar-refractivity contribution in [1.29, 1.82) is 0 Å². The smallest absolute Gasteiger partial charge is 0.434 e. The van der Waals surface area contributed by atoms with Crippen molar-refractivity contribution in [3.05, 3.63) is 40.4 Å². The minimum Gasteiger partial charge on any atom is -0.463 e. The van der Waals surface area contributed by atoms with Crippen LogP contribution in [0.15, 0.2) is 29.8 Å². The van der Waals surface area contributed by atoms with Gasteiger partial charge in [0.2, 0.25) is 0 Å². The number of fused-ring (bicyclic) bond motifs is 5. The van der Waals surface area contributed by atoms with Gasteiger partial charge in [-0.05, 0) is 51.0 Å². The Kier molecular flexibility index (Phi) is 4.67. The van der Waals surface area contributed by atoms with Gasteiger partial charge in [0.05, 0.1) is 18.8 Å². The molecule has 0 N–H and O–H groups in total. The highest BCUT2D eigenvalue weighted by molar-refractivity contribution is 6.30. The second kappa shape index (κ2) is 6.78. The zero-order valence-corrected chi connectivity index (χ0v) is 17.2. The van der Waals surface area contributed by atoms with Crippen LogP contribution in [0.3, 0.4) is 0 Å². The highest BCUT2D eigenvalue weighted by Gasteiger charge is 2.64. The molecule has 4 atom stereocenters. The maximum Gasteiger partial charge on any atom is 0.434 e. The highest BCUT2D eigenvalue weighted by Crippen LogP contribution is 2.61. The predicted molar refractivity (Wildman–Crippen MR) is 103 cm³/mol. The lowest BCUT2D eigenvalue weighted by Crippen LogP contribution is -2.52. The first kappa shape index (κ1) is 19.3. The summed E-state index contributed by atoms with van der Waals surface area (Å²) in [6, 6.07) is 7.26. The molecule has 0 radical (unpaired) electrons. The van der Waals surface area contributed by atoms with E-state index in [0.29, 0.717) is 23.6 Å². The summed E-state index contributed by atoms with van der Waals surface area (Å²) >= 11 is 6.18. The van der Waals surface area contributed by atoms with Gasteiger partial charge in [-0.25, -0.2) is 9.59 Å². The van der Waals surface area contributed by atoms with Gasteiger partial charge in [-0.15, -0.1) is 0 Å². The zero-order chi connectivity index (χ0) is 20.2. The Labute approximate surface area is 169 Å². The van der Waals surface area contributed by atoms with E-state index in [4.69, 9.17) is 25.9 Å². The van der Waals surface area contributed by atoms with Crippen molar-refractivity contribution in [3.63, 3.8) is 0 Å². The summed E-state index contributed by atoms with van der Waals surface area (Å²) in [6.07, 6.45) is -0.0556. The van der Waals surface area contributed by atoms with E-state index in [1.54, 1.807) is 13.0 Å². The first-order chi connectivity index (χ1) is 13.2. The lowest BCUT2D eigenvalue weighted by Gasteiger charge is -2.46. The molecule has 1 aliphatic heterocycles. The molecule has 2 bridgehead atoms. The Hall–Kier alpha value is -2.05. The van der Waals surface area contributed by atoms with Gasteiger partial charge in [0.1, 0.15) is 5.60 Å². The Morgan fingerprint density at radius 2 is 2.04 bits per heavy atom. The van der Waals surface area contributed by atoms with E-state index < -0.39 is 11.7 Å². The maximum absolute atomic E-state index is 12.6. The van der Waals surface area contributed by atoms with Crippen LogP contribution < -0.4 is 0 Å². The van der Waals surface area contributed by atoms with Crippen LogP contribution in [0, 0.1) is 11.8 Å². The normalized spacial score (nSPS) is 28.1. The predicted octanol–water partition coefficient (Wildman–Crippen LogP) is 4.23. The molecule has 28 heavy (non-hydrogen) atoms. The molecule has 7 heteroatoms. The average Bonchev–Trinajstić information content (AvgIpc) is 3.08.